The van der Waals surface area contributed by atoms with E-state index in [2.05, 4.69) is 32.2 Å². The number of methoxy groups -OCH3 is 1. The number of phenolic OH excluding ortho intramolecular Hbond substituents is 1. The van der Waals surface area contributed by atoms with E-state index in [-0.39, 0.29) is 35.6 Å². The molecule has 9 nitrogen and oxygen atoms in total. The van der Waals surface area contributed by atoms with Crippen molar-refractivity contribution < 1.29 is 24.1 Å². The minimum absolute atomic E-state index is 0.0353. The molecule has 0 unspecified atom stereocenters. The summed E-state index contributed by atoms with van der Waals surface area (Å²) in [6.07, 6.45) is 0. The lowest BCUT2D eigenvalue weighted by Crippen LogP contribution is -2.21. The van der Waals surface area contributed by atoms with Crippen LogP contribution >= 0.6 is 15.9 Å². The number of ether oxygens (including phenoxy) is 4. The fourth-order valence-corrected chi connectivity index (χ4v) is 4.23. The molecule has 3 aromatic rings. The van der Waals surface area contributed by atoms with Gasteiger partial charge in [0.05, 0.1) is 28.8 Å². The zero-order valence-electron chi connectivity index (χ0n) is 16.1. The zero-order valence-corrected chi connectivity index (χ0v) is 17.7. The second-order valence-electron chi connectivity index (χ2n) is 6.86. The van der Waals surface area contributed by atoms with Gasteiger partial charge in [0.25, 0.3) is 0 Å². The molecule has 0 fully saturated rings. The Hall–Kier alpha value is -3.84. The van der Waals surface area contributed by atoms with Crippen LogP contribution in [0.1, 0.15) is 17.0 Å². The van der Waals surface area contributed by atoms with Crippen LogP contribution in [0.3, 0.4) is 0 Å². The Morgan fingerprint density at radius 1 is 1.29 bits per heavy atom. The molecule has 0 radical (unpaired) electrons. The average molecular weight is 483 g/mol. The van der Waals surface area contributed by atoms with Gasteiger partial charge in [-0.05, 0) is 51.8 Å². The van der Waals surface area contributed by atoms with Crippen molar-refractivity contribution in [2.45, 2.75) is 5.92 Å². The monoisotopic (exact) mass is 482 g/mol. The molecule has 2 aromatic carbocycles. The molecular formula is C21H15BrN4O5. The van der Waals surface area contributed by atoms with Crippen LogP contribution in [0.25, 0.3) is 11.3 Å². The van der Waals surface area contributed by atoms with Crippen molar-refractivity contribution >= 4 is 15.9 Å². The average Bonchev–Trinajstić information content (AvgIpc) is 3.40. The molecule has 0 spiro atoms. The molecule has 0 saturated heterocycles. The third-order valence-electron chi connectivity index (χ3n) is 5.20. The smallest absolute Gasteiger partial charge is 0.244 e. The molecular weight excluding hydrogens is 468 g/mol. The minimum atomic E-state index is -0.612. The van der Waals surface area contributed by atoms with E-state index in [9.17, 15) is 10.4 Å². The predicted molar refractivity (Wildman–Crippen MR) is 112 cm³/mol. The van der Waals surface area contributed by atoms with E-state index in [1.54, 1.807) is 18.2 Å². The number of aromatic nitrogens is 2. The number of phenols is 1. The number of halogens is 1. The van der Waals surface area contributed by atoms with E-state index in [1.165, 1.54) is 7.11 Å². The van der Waals surface area contributed by atoms with Gasteiger partial charge in [-0.3, -0.25) is 5.10 Å². The number of hydrogen-bond acceptors (Lipinski definition) is 8. The second kappa shape index (κ2) is 7.14. The number of nitrogens with one attached hydrogen (secondary N) is 1. The van der Waals surface area contributed by atoms with Crippen LogP contribution in [-0.4, -0.2) is 29.2 Å². The first-order valence-corrected chi connectivity index (χ1v) is 9.93. The number of nitrogens with zero attached hydrogens (tertiary/aromatic N) is 2. The van der Waals surface area contributed by atoms with Gasteiger partial charge in [0.15, 0.2) is 23.0 Å². The van der Waals surface area contributed by atoms with Crippen molar-refractivity contribution in [2.75, 3.05) is 13.9 Å². The van der Waals surface area contributed by atoms with Gasteiger partial charge in [0.1, 0.15) is 11.6 Å². The fourth-order valence-electron chi connectivity index (χ4n) is 3.77. The molecule has 31 heavy (non-hydrogen) atoms. The van der Waals surface area contributed by atoms with E-state index in [0.29, 0.717) is 32.8 Å². The maximum atomic E-state index is 10.2. The Kier molecular flexibility index (Phi) is 4.41. The number of nitriles is 1. The van der Waals surface area contributed by atoms with Gasteiger partial charge < -0.3 is 29.8 Å². The molecule has 10 heteroatoms. The molecule has 156 valence electrons. The molecule has 3 heterocycles. The van der Waals surface area contributed by atoms with E-state index in [4.69, 9.17) is 24.7 Å². The summed E-state index contributed by atoms with van der Waals surface area (Å²) in [5.74, 6) is 1.08. The van der Waals surface area contributed by atoms with Gasteiger partial charge in [0.2, 0.25) is 18.6 Å². The summed E-state index contributed by atoms with van der Waals surface area (Å²) < 4.78 is 22.2. The molecule has 2 aliphatic rings. The van der Waals surface area contributed by atoms with Crippen LogP contribution in [0.5, 0.6) is 28.9 Å². The van der Waals surface area contributed by atoms with E-state index in [1.807, 2.05) is 12.1 Å². The lowest BCUT2D eigenvalue weighted by Gasteiger charge is -2.25. The Morgan fingerprint density at radius 3 is 2.87 bits per heavy atom. The van der Waals surface area contributed by atoms with Crippen LogP contribution in [0.4, 0.5) is 0 Å². The molecule has 4 N–H and O–H groups in total. The van der Waals surface area contributed by atoms with Crippen molar-refractivity contribution in [3.05, 3.63) is 57.4 Å². The summed E-state index contributed by atoms with van der Waals surface area (Å²) >= 11 is 3.34. The zero-order chi connectivity index (χ0) is 21.7. The molecule has 1 aromatic heterocycles. The van der Waals surface area contributed by atoms with Gasteiger partial charge in [-0.15, -0.1) is 5.10 Å². The maximum Gasteiger partial charge on any atom is 0.244 e. The van der Waals surface area contributed by atoms with Crippen molar-refractivity contribution in [3.63, 3.8) is 0 Å². The van der Waals surface area contributed by atoms with Gasteiger partial charge in [-0.1, -0.05) is 0 Å². The third kappa shape index (κ3) is 2.93. The molecule has 0 bridgehead atoms. The van der Waals surface area contributed by atoms with Crippen LogP contribution < -0.4 is 24.7 Å². The number of aromatic hydroxyl groups is 1. The first kappa shape index (κ1) is 19.1. The molecule has 0 aliphatic carbocycles. The first-order valence-electron chi connectivity index (χ1n) is 9.14. The first-order chi connectivity index (χ1) is 15.0. The second-order valence-corrected chi connectivity index (χ2v) is 7.72. The highest BCUT2D eigenvalue weighted by molar-refractivity contribution is 9.10. The molecule has 0 amide bonds. The summed E-state index contributed by atoms with van der Waals surface area (Å²) in [5, 5.41) is 27.4. The molecule has 1 atom stereocenters. The highest BCUT2D eigenvalue weighted by atomic mass is 79.9. The summed E-state index contributed by atoms with van der Waals surface area (Å²) in [6.45, 7) is 0.158. The number of H-pyrrole nitrogens is 1. The van der Waals surface area contributed by atoms with Gasteiger partial charge in [-0.2, -0.15) is 5.26 Å². The normalized spacial score (nSPS) is 16.5. The van der Waals surface area contributed by atoms with Crippen LogP contribution in [0, 0.1) is 11.3 Å². The van der Waals surface area contributed by atoms with Crippen LogP contribution in [0.15, 0.2) is 46.3 Å². The number of benzene rings is 2. The summed E-state index contributed by atoms with van der Waals surface area (Å²) in [5.41, 5.74) is 8.97. The molecule has 2 aliphatic heterocycles. The standard InChI is InChI=1S/C21H15BrN4O5/c1-28-15-6-10(4-12(22)19(15)27)16-11(7-23)20(24)31-21-17(16)18(25-26-21)9-2-3-13-14(5-9)30-8-29-13/h2-6,16,27H,8,24H2,1H3,(H,25,26)/t16-/m1/s1. The van der Waals surface area contributed by atoms with E-state index >= 15 is 0 Å². The summed E-state index contributed by atoms with van der Waals surface area (Å²) in [7, 11) is 1.45. The predicted octanol–water partition coefficient (Wildman–Crippen LogP) is 3.50. The number of nitrogens with two attached hydrogens (primary N) is 1. The Bertz CT molecular complexity index is 1290. The topological polar surface area (TPSA) is 136 Å². The Morgan fingerprint density at radius 2 is 2.10 bits per heavy atom. The number of fused-ring (bicyclic) bond motifs is 2. The quantitative estimate of drug-likeness (QED) is 0.515. The van der Waals surface area contributed by atoms with Gasteiger partial charge in [-0.25, -0.2) is 0 Å². The third-order valence-corrected chi connectivity index (χ3v) is 5.81. The largest absolute Gasteiger partial charge is 0.503 e. The minimum Gasteiger partial charge on any atom is -0.503 e. The fraction of sp³-hybridized carbons (Fsp3) is 0.143. The number of allylic oxidation sites excluding steroid dienone is 1. The lowest BCUT2D eigenvalue weighted by molar-refractivity contribution is 0.174. The Balaban J connectivity index is 1.73. The van der Waals surface area contributed by atoms with E-state index in [0.717, 1.165) is 5.56 Å². The van der Waals surface area contributed by atoms with Gasteiger partial charge in [0, 0.05) is 5.56 Å². The van der Waals surface area contributed by atoms with Gasteiger partial charge >= 0.3 is 0 Å². The number of rotatable bonds is 3. The molecule has 5 rings (SSSR count). The lowest BCUT2D eigenvalue weighted by atomic mass is 9.83. The van der Waals surface area contributed by atoms with Crippen molar-refractivity contribution in [3.8, 4) is 46.2 Å². The molecule has 0 saturated carbocycles. The van der Waals surface area contributed by atoms with Crippen molar-refractivity contribution in [1.82, 2.24) is 10.2 Å². The maximum absolute atomic E-state index is 10.2. The Labute approximate surface area is 184 Å². The number of hydrogen-bond donors (Lipinski definition) is 3. The number of aromatic amines is 1. The van der Waals surface area contributed by atoms with Crippen LogP contribution in [0.2, 0.25) is 0 Å². The van der Waals surface area contributed by atoms with Crippen LogP contribution in [-0.2, 0) is 0 Å². The highest BCUT2D eigenvalue weighted by Gasteiger charge is 2.36. The summed E-state index contributed by atoms with van der Waals surface area (Å²) in [4.78, 5) is 0. The highest BCUT2D eigenvalue weighted by Crippen LogP contribution is 2.49. The summed E-state index contributed by atoms with van der Waals surface area (Å²) in [6, 6.07) is 11.0. The van der Waals surface area contributed by atoms with Crippen molar-refractivity contribution in [1.29, 1.82) is 5.26 Å². The van der Waals surface area contributed by atoms with Crippen molar-refractivity contribution in [2.24, 2.45) is 5.73 Å². The van der Waals surface area contributed by atoms with E-state index < -0.39 is 5.92 Å². The SMILES string of the molecule is COc1cc([C@@H]2C(C#N)=C(N)Oc3n[nH]c(-c4ccc5c(c4)OCO5)c32)cc(Br)c1O.